The first-order chi connectivity index (χ1) is 13.9. The monoisotopic (exact) mass is 406 g/mol. The standard InChI is InChI=1S/C20H30N4O5/c1-6-24(12-8-11-20(2,28-4)29-5)16-10-7-9-14(21-16)13-15(27-3)17-18(25)23-19(26)22-17/h7,9-10,13,17H,6,8,11-12H2,1-5H3,(H2,22,23,25,26)/b15-13-. The Morgan fingerprint density at radius 1 is 1.28 bits per heavy atom. The fraction of sp³-hybridized carbons (Fsp3) is 0.550. The highest BCUT2D eigenvalue weighted by Crippen LogP contribution is 2.20. The van der Waals surface area contributed by atoms with Crippen LogP contribution in [0.2, 0.25) is 0 Å². The molecule has 2 heterocycles. The van der Waals surface area contributed by atoms with Gasteiger partial charge in [0.1, 0.15) is 11.6 Å². The van der Waals surface area contributed by atoms with Crippen LogP contribution in [-0.2, 0) is 19.0 Å². The second-order valence-corrected chi connectivity index (χ2v) is 6.79. The first-order valence-corrected chi connectivity index (χ1v) is 9.55. The van der Waals surface area contributed by atoms with Crippen molar-refractivity contribution in [1.82, 2.24) is 15.6 Å². The van der Waals surface area contributed by atoms with Crippen LogP contribution >= 0.6 is 0 Å². The first kappa shape index (κ1) is 22.6. The molecule has 1 atom stereocenters. The fourth-order valence-electron chi connectivity index (χ4n) is 3.03. The van der Waals surface area contributed by atoms with E-state index in [0.717, 1.165) is 31.7 Å². The largest absolute Gasteiger partial charge is 0.498 e. The normalized spacial score (nSPS) is 17.1. The molecule has 2 rings (SSSR count). The molecular formula is C20H30N4O5. The molecule has 1 aromatic heterocycles. The fourth-order valence-corrected chi connectivity index (χ4v) is 3.03. The number of carbonyl (C=O) groups excluding carboxylic acids is 2. The van der Waals surface area contributed by atoms with Gasteiger partial charge in [-0.2, -0.15) is 0 Å². The number of aromatic nitrogens is 1. The lowest BCUT2D eigenvalue weighted by atomic mass is 10.1. The van der Waals surface area contributed by atoms with Crippen molar-refractivity contribution < 1.29 is 23.8 Å². The van der Waals surface area contributed by atoms with Gasteiger partial charge in [-0.25, -0.2) is 9.78 Å². The molecule has 1 fully saturated rings. The second kappa shape index (κ2) is 10.2. The van der Waals surface area contributed by atoms with Gasteiger partial charge in [-0.3, -0.25) is 10.1 Å². The molecule has 1 aliphatic heterocycles. The zero-order chi connectivity index (χ0) is 21.4. The van der Waals surface area contributed by atoms with Crippen LogP contribution < -0.4 is 15.5 Å². The molecule has 9 heteroatoms. The number of carbonyl (C=O) groups is 2. The van der Waals surface area contributed by atoms with E-state index in [1.54, 1.807) is 20.3 Å². The highest BCUT2D eigenvalue weighted by molar-refractivity contribution is 6.06. The van der Waals surface area contributed by atoms with Crippen LogP contribution in [0.4, 0.5) is 10.6 Å². The highest BCUT2D eigenvalue weighted by atomic mass is 16.7. The maximum absolute atomic E-state index is 11.9. The average Bonchev–Trinajstić information content (AvgIpc) is 3.07. The predicted octanol–water partition coefficient (Wildman–Crippen LogP) is 1.89. The van der Waals surface area contributed by atoms with Crippen LogP contribution in [0.15, 0.2) is 24.0 Å². The van der Waals surface area contributed by atoms with Crippen molar-refractivity contribution in [3.63, 3.8) is 0 Å². The van der Waals surface area contributed by atoms with Crippen LogP contribution in [0.3, 0.4) is 0 Å². The van der Waals surface area contributed by atoms with Gasteiger partial charge in [0.25, 0.3) is 5.91 Å². The Balaban J connectivity index is 2.12. The van der Waals surface area contributed by atoms with Crippen molar-refractivity contribution in [1.29, 1.82) is 0 Å². The quantitative estimate of drug-likeness (QED) is 0.329. The van der Waals surface area contributed by atoms with Crippen LogP contribution in [-0.4, -0.2) is 63.2 Å². The van der Waals surface area contributed by atoms with Crippen molar-refractivity contribution in [2.24, 2.45) is 0 Å². The molecule has 0 aliphatic carbocycles. The Labute approximate surface area is 171 Å². The number of nitrogens with one attached hydrogen (secondary N) is 2. The summed E-state index contributed by atoms with van der Waals surface area (Å²) in [5.41, 5.74) is 0.630. The van der Waals surface area contributed by atoms with Crippen molar-refractivity contribution in [2.45, 2.75) is 38.5 Å². The van der Waals surface area contributed by atoms with Gasteiger partial charge in [0, 0.05) is 39.8 Å². The van der Waals surface area contributed by atoms with Gasteiger partial charge in [-0.05, 0) is 32.4 Å². The molecule has 0 radical (unpaired) electrons. The molecule has 2 N–H and O–H groups in total. The van der Waals surface area contributed by atoms with Crippen molar-refractivity contribution in [2.75, 3.05) is 39.3 Å². The molecule has 1 aromatic rings. The average molecular weight is 406 g/mol. The third-order valence-corrected chi connectivity index (χ3v) is 4.97. The Morgan fingerprint density at radius 2 is 2.00 bits per heavy atom. The predicted molar refractivity (Wildman–Crippen MR) is 109 cm³/mol. The van der Waals surface area contributed by atoms with Crippen LogP contribution in [0, 0.1) is 0 Å². The summed E-state index contributed by atoms with van der Waals surface area (Å²) < 4.78 is 16.1. The molecule has 160 valence electrons. The number of anilines is 1. The Kier molecular flexibility index (Phi) is 7.98. The minimum absolute atomic E-state index is 0.317. The molecule has 1 aliphatic rings. The summed E-state index contributed by atoms with van der Waals surface area (Å²) in [5, 5.41) is 4.71. The zero-order valence-electron chi connectivity index (χ0n) is 17.7. The summed E-state index contributed by atoms with van der Waals surface area (Å²) in [6.07, 6.45) is 3.27. The van der Waals surface area contributed by atoms with Gasteiger partial charge in [-0.1, -0.05) is 6.07 Å². The molecular weight excluding hydrogens is 376 g/mol. The topological polar surface area (TPSA) is 102 Å². The Hall–Kier alpha value is -2.65. The first-order valence-electron chi connectivity index (χ1n) is 9.55. The second-order valence-electron chi connectivity index (χ2n) is 6.79. The van der Waals surface area contributed by atoms with Gasteiger partial charge < -0.3 is 24.4 Å². The maximum Gasteiger partial charge on any atom is 0.322 e. The van der Waals surface area contributed by atoms with Crippen LogP contribution in [0.5, 0.6) is 0 Å². The number of nitrogens with zero attached hydrogens (tertiary/aromatic N) is 2. The number of ether oxygens (including phenoxy) is 3. The number of pyridine rings is 1. The lowest BCUT2D eigenvalue weighted by Crippen LogP contribution is -2.32. The van der Waals surface area contributed by atoms with E-state index < -0.39 is 23.8 Å². The van der Waals surface area contributed by atoms with Gasteiger partial charge in [-0.15, -0.1) is 0 Å². The molecule has 0 saturated carbocycles. The summed E-state index contributed by atoms with van der Waals surface area (Å²) >= 11 is 0. The van der Waals surface area contributed by atoms with E-state index in [0.29, 0.717) is 11.5 Å². The number of hydrogen-bond acceptors (Lipinski definition) is 7. The third kappa shape index (κ3) is 5.91. The van der Waals surface area contributed by atoms with E-state index in [-0.39, 0.29) is 0 Å². The molecule has 0 spiro atoms. The van der Waals surface area contributed by atoms with Gasteiger partial charge in [0.05, 0.1) is 12.8 Å². The summed E-state index contributed by atoms with van der Waals surface area (Å²) in [7, 11) is 4.73. The number of urea groups is 1. The molecule has 3 amide bonds. The van der Waals surface area contributed by atoms with E-state index in [1.807, 2.05) is 25.1 Å². The molecule has 0 bridgehead atoms. The van der Waals surface area contributed by atoms with E-state index in [4.69, 9.17) is 14.2 Å². The zero-order valence-corrected chi connectivity index (χ0v) is 17.7. The highest BCUT2D eigenvalue weighted by Gasteiger charge is 2.33. The van der Waals surface area contributed by atoms with Crippen molar-refractivity contribution >= 4 is 23.8 Å². The van der Waals surface area contributed by atoms with Gasteiger partial charge in [0.15, 0.2) is 11.8 Å². The number of imide groups is 1. The number of hydrogen-bond donors (Lipinski definition) is 2. The lowest BCUT2D eigenvalue weighted by Gasteiger charge is -2.28. The van der Waals surface area contributed by atoms with Crippen LogP contribution in [0.1, 0.15) is 32.4 Å². The van der Waals surface area contributed by atoms with E-state index in [1.165, 1.54) is 7.11 Å². The molecule has 9 nitrogen and oxygen atoms in total. The minimum atomic E-state index is -0.860. The number of methoxy groups -OCH3 is 3. The Morgan fingerprint density at radius 3 is 2.55 bits per heavy atom. The van der Waals surface area contributed by atoms with E-state index in [2.05, 4.69) is 27.4 Å². The van der Waals surface area contributed by atoms with E-state index >= 15 is 0 Å². The summed E-state index contributed by atoms with van der Waals surface area (Å²) in [6.45, 7) is 5.55. The van der Waals surface area contributed by atoms with Crippen LogP contribution in [0.25, 0.3) is 6.08 Å². The molecule has 1 saturated heterocycles. The van der Waals surface area contributed by atoms with Gasteiger partial charge in [0.2, 0.25) is 0 Å². The molecule has 29 heavy (non-hydrogen) atoms. The lowest BCUT2D eigenvalue weighted by molar-refractivity contribution is -0.197. The van der Waals surface area contributed by atoms with Crippen molar-refractivity contribution in [3.8, 4) is 0 Å². The summed E-state index contributed by atoms with van der Waals surface area (Å²) in [4.78, 5) is 30.1. The minimum Gasteiger partial charge on any atom is -0.498 e. The number of amides is 3. The molecule has 1 unspecified atom stereocenters. The number of rotatable bonds is 11. The maximum atomic E-state index is 11.9. The summed E-state index contributed by atoms with van der Waals surface area (Å²) in [5.74, 6) is 0.0794. The summed E-state index contributed by atoms with van der Waals surface area (Å²) in [6, 6.07) is 4.24. The molecule has 0 aromatic carbocycles. The SMILES string of the molecule is CCN(CCCC(C)(OC)OC)c1cccc(/C=C(\OC)C2NC(=O)NC2=O)n1. The third-order valence-electron chi connectivity index (χ3n) is 4.97. The Bertz CT molecular complexity index is 748. The van der Waals surface area contributed by atoms with E-state index in [9.17, 15) is 9.59 Å². The smallest absolute Gasteiger partial charge is 0.322 e. The van der Waals surface area contributed by atoms with Gasteiger partial charge >= 0.3 is 6.03 Å². The van der Waals surface area contributed by atoms with Crippen molar-refractivity contribution in [3.05, 3.63) is 29.7 Å².